The molecule has 1 aromatic carbocycles. The molecule has 0 spiro atoms. The summed E-state index contributed by atoms with van der Waals surface area (Å²) in [7, 11) is 3.59. The lowest BCUT2D eigenvalue weighted by atomic mass is 10.0. The number of amides is 2. The number of hydrazine groups is 1. The molecule has 0 saturated carbocycles. The molecule has 1 rings (SSSR count). The molecule has 0 aromatic heterocycles. The molecule has 2 amide bonds. The molecule has 27 heavy (non-hydrogen) atoms. The van der Waals surface area contributed by atoms with E-state index in [2.05, 4.69) is 35.1 Å². The largest absolute Gasteiger partial charge is 0.443 e. The smallest absolute Gasteiger partial charge is 0.422 e. The zero-order chi connectivity index (χ0) is 20.3. The minimum absolute atomic E-state index is 0.191. The Bertz CT molecular complexity index is 595. The van der Waals surface area contributed by atoms with Crippen LogP contribution in [0.25, 0.3) is 0 Å². The summed E-state index contributed by atoms with van der Waals surface area (Å²) in [5, 5.41) is 0. The second-order valence-electron chi connectivity index (χ2n) is 7.97. The fourth-order valence-corrected chi connectivity index (χ4v) is 2.59. The van der Waals surface area contributed by atoms with Gasteiger partial charge in [0.25, 0.3) is 0 Å². The lowest BCUT2D eigenvalue weighted by Crippen LogP contribution is -2.41. The molecule has 0 atom stereocenters. The summed E-state index contributed by atoms with van der Waals surface area (Å²) in [6.07, 6.45) is 4.94. The van der Waals surface area contributed by atoms with E-state index in [1.807, 2.05) is 20.8 Å². The van der Waals surface area contributed by atoms with Crippen molar-refractivity contribution in [1.29, 1.82) is 0 Å². The summed E-state index contributed by atoms with van der Waals surface area (Å²) in [5.74, 6) is 0.191. The van der Waals surface area contributed by atoms with Crippen molar-refractivity contribution >= 4 is 12.0 Å². The molecule has 0 unspecified atom stereocenters. The first kappa shape index (κ1) is 23.0. The first-order chi connectivity index (χ1) is 12.7. The van der Waals surface area contributed by atoms with Gasteiger partial charge in [-0.3, -0.25) is 10.2 Å². The number of unbranched alkanes of at least 4 members (excludes halogenated alkanes) is 1. The number of carbonyl (C=O) groups excluding carboxylic acids is 2. The van der Waals surface area contributed by atoms with Crippen LogP contribution in [-0.2, 0) is 22.4 Å². The number of hydrogen-bond acceptors (Lipinski definition) is 4. The summed E-state index contributed by atoms with van der Waals surface area (Å²) in [6.45, 7) is 6.18. The standard InChI is InChI=1S/C21H35N3O3/c1-21(2,3)27-20(26)23-22-15-9-13-18-12-8-11-17(16-18)10-6-7-14-19(25)24(4)5/h8,11-12,16,22H,6-7,9-10,13-15H2,1-5H3,(H,23,26). The van der Waals surface area contributed by atoms with Crippen molar-refractivity contribution < 1.29 is 14.3 Å². The Kier molecular flexibility index (Phi) is 9.86. The van der Waals surface area contributed by atoms with Gasteiger partial charge in [-0.2, -0.15) is 0 Å². The molecule has 6 heteroatoms. The van der Waals surface area contributed by atoms with Gasteiger partial charge in [-0.25, -0.2) is 10.2 Å². The van der Waals surface area contributed by atoms with Crippen LogP contribution >= 0.6 is 0 Å². The van der Waals surface area contributed by atoms with E-state index in [0.29, 0.717) is 13.0 Å². The molecule has 152 valence electrons. The van der Waals surface area contributed by atoms with Crippen LogP contribution in [0, 0.1) is 0 Å². The first-order valence-electron chi connectivity index (χ1n) is 9.67. The Morgan fingerprint density at radius 3 is 2.26 bits per heavy atom. The predicted octanol–water partition coefficient (Wildman–Crippen LogP) is 3.45. The van der Waals surface area contributed by atoms with Gasteiger partial charge in [-0.15, -0.1) is 0 Å². The number of ether oxygens (including phenoxy) is 1. The van der Waals surface area contributed by atoms with Crippen molar-refractivity contribution in [2.24, 2.45) is 0 Å². The molecule has 0 heterocycles. The molecule has 1 aromatic rings. The maximum atomic E-state index is 11.6. The zero-order valence-electron chi connectivity index (χ0n) is 17.4. The molecule has 0 fully saturated rings. The maximum Gasteiger partial charge on any atom is 0.422 e. The van der Waals surface area contributed by atoms with Crippen molar-refractivity contribution in [2.75, 3.05) is 20.6 Å². The van der Waals surface area contributed by atoms with E-state index >= 15 is 0 Å². The molecule has 0 aliphatic carbocycles. The molecule has 0 aliphatic rings. The Labute approximate surface area is 163 Å². The molecule has 0 bridgehead atoms. The first-order valence-corrected chi connectivity index (χ1v) is 9.67. The lowest BCUT2D eigenvalue weighted by molar-refractivity contribution is -0.128. The number of aryl methyl sites for hydroxylation is 2. The van der Waals surface area contributed by atoms with E-state index in [1.165, 1.54) is 11.1 Å². The van der Waals surface area contributed by atoms with Crippen LogP contribution in [0.2, 0.25) is 0 Å². The van der Waals surface area contributed by atoms with Crippen molar-refractivity contribution in [3.05, 3.63) is 35.4 Å². The van der Waals surface area contributed by atoms with Gasteiger partial charge in [-0.1, -0.05) is 24.3 Å². The minimum atomic E-state index is -0.494. The third-order valence-corrected chi connectivity index (χ3v) is 3.95. The molecule has 0 saturated heterocycles. The highest BCUT2D eigenvalue weighted by atomic mass is 16.6. The summed E-state index contributed by atoms with van der Waals surface area (Å²) in [5.41, 5.74) is 7.54. The van der Waals surface area contributed by atoms with Crippen molar-refractivity contribution in [3.63, 3.8) is 0 Å². The van der Waals surface area contributed by atoms with E-state index < -0.39 is 11.7 Å². The number of nitrogens with one attached hydrogen (secondary N) is 2. The topological polar surface area (TPSA) is 70.7 Å². The maximum absolute atomic E-state index is 11.6. The molecule has 2 N–H and O–H groups in total. The average Bonchev–Trinajstić information content (AvgIpc) is 2.57. The molecule has 0 radical (unpaired) electrons. The van der Waals surface area contributed by atoms with E-state index in [-0.39, 0.29) is 5.91 Å². The van der Waals surface area contributed by atoms with E-state index in [4.69, 9.17) is 4.74 Å². The lowest BCUT2D eigenvalue weighted by Gasteiger charge is -2.19. The second kappa shape index (κ2) is 11.6. The summed E-state index contributed by atoms with van der Waals surface area (Å²) >= 11 is 0. The van der Waals surface area contributed by atoms with Crippen LogP contribution in [-0.4, -0.2) is 43.1 Å². The predicted molar refractivity (Wildman–Crippen MR) is 108 cm³/mol. The van der Waals surface area contributed by atoms with Crippen LogP contribution in [0.4, 0.5) is 4.79 Å². The van der Waals surface area contributed by atoms with Gasteiger partial charge in [-0.05, 0) is 64.0 Å². The van der Waals surface area contributed by atoms with Crippen LogP contribution in [0.5, 0.6) is 0 Å². The zero-order valence-corrected chi connectivity index (χ0v) is 17.4. The van der Waals surface area contributed by atoms with Crippen molar-refractivity contribution in [2.45, 2.75) is 64.9 Å². The fourth-order valence-electron chi connectivity index (χ4n) is 2.59. The van der Waals surface area contributed by atoms with Gasteiger partial charge >= 0.3 is 6.09 Å². The summed E-state index contributed by atoms with van der Waals surface area (Å²) in [6, 6.07) is 8.58. The SMILES string of the molecule is CN(C)C(=O)CCCCc1cccc(CCCNNC(=O)OC(C)(C)C)c1. The fraction of sp³-hybridized carbons (Fsp3) is 0.619. The monoisotopic (exact) mass is 377 g/mol. The van der Waals surface area contributed by atoms with Gasteiger partial charge in [0.2, 0.25) is 5.91 Å². The average molecular weight is 378 g/mol. The van der Waals surface area contributed by atoms with Crippen molar-refractivity contribution in [1.82, 2.24) is 15.8 Å². The van der Waals surface area contributed by atoms with Gasteiger partial charge in [0, 0.05) is 27.1 Å². The highest BCUT2D eigenvalue weighted by Crippen LogP contribution is 2.11. The Morgan fingerprint density at radius 1 is 1.04 bits per heavy atom. The van der Waals surface area contributed by atoms with Gasteiger partial charge in [0.15, 0.2) is 0 Å². The number of benzene rings is 1. The normalized spacial score (nSPS) is 11.1. The quantitative estimate of drug-likeness (QED) is 0.484. The van der Waals surface area contributed by atoms with Crippen LogP contribution in [0.3, 0.4) is 0 Å². The summed E-state index contributed by atoms with van der Waals surface area (Å²) < 4.78 is 5.16. The molecular formula is C21H35N3O3. The Hall–Kier alpha value is -2.08. The van der Waals surface area contributed by atoms with Gasteiger partial charge in [0.1, 0.15) is 5.60 Å². The van der Waals surface area contributed by atoms with Crippen LogP contribution in [0.15, 0.2) is 24.3 Å². The van der Waals surface area contributed by atoms with Gasteiger partial charge in [0.05, 0.1) is 0 Å². The van der Waals surface area contributed by atoms with E-state index in [0.717, 1.165) is 32.1 Å². The third-order valence-electron chi connectivity index (χ3n) is 3.95. The highest BCUT2D eigenvalue weighted by molar-refractivity contribution is 5.75. The number of rotatable bonds is 10. The summed E-state index contributed by atoms with van der Waals surface area (Å²) in [4.78, 5) is 24.7. The van der Waals surface area contributed by atoms with Crippen LogP contribution in [0.1, 0.15) is 57.6 Å². The van der Waals surface area contributed by atoms with Crippen molar-refractivity contribution in [3.8, 4) is 0 Å². The molecule has 6 nitrogen and oxygen atoms in total. The number of nitrogens with zero attached hydrogens (tertiary/aromatic N) is 1. The minimum Gasteiger partial charge on any atom is -0.443 e. The molecule has 0 aliphatic heterocycles. The van der Waals surface area contributed by atoms with Crippen LogP contribution < -0.4 is 10.9 Å². The Balaban J connectivity index is 2.22. The number of carbonyl (C=O) groups is 2. The van der Waals surface area contributed by atoms with Gasteiger partial charge < -0.3 is 9.64 Å². The highest BCUT2D eigenvalue weighted by Gasteiger charge is 2.15. The number of hydrogen-bond donors (Lipinski definition) is 2. The van der Waals surface area contributed by atoms with E-state index in [9.17, 15) is 9.59 Å². The van der Waals surface area contributed by atoms with E-state index in [1.54, 1.807) is 19.0 Å². The third kappa shape index (κ3) is 11.3. The second-order valence-corrected chi connectivity index (χ2v) is 7.97. The molecular weight excluding hydrogens is 342 g/mol. The Morgan fingerprint density at radius 2 is 1.67 bits per heavy atom.